The van der Waals surface area contributed by atoms with E-state index in [1.165, 1.54) is 6.07 Å². The molecule has 1 heterocycles. The normalized spacial score (nSPS) is 10.2. The number of aromatic nitrogens is 1. The van der Waals surface area contributed by atoms with Gasteiger partial charge in [-0.15, -0.1) is 0 Å². The molecule has 0 atom stereocenters. The Kier molecular flexibility index (Phi) is 1.70. The molecular weight excluding hydrogens is 166 g/mol. The highest BCUT2D eigenvalue weighted by molar-refractivity contribution is 5.95. The van der Waals surface area contributed by atoms with Crippen LogP contribution in [-0.4, -0.2) is 11.3 Å². The van der Waals surface area contributed by atoms with Gasteiger partial charge in [0.2, 0.25) is 5.56 Å². The number of fused-ring (bicyclic) bond motifs is 1. The molecule has 2 aromatic rings. The third kappa shape index (κ3) is 1.24. The predicted octanol–water partition coefficient (Wildman–Crippen LogP) is 1.34. The molecule has 1 N–H and O–H groups in total. The van der Waals surface area contributed by atoms with Crippen LogP contribution in [0.15, 0.2) is 35.1 Å². The second-order valence-corrected chi connectivity index (χ2v) is 2.75. The summed E-state index contributed by atoms with van der Waals surface area (Å²) < 4.78 is 0. The summed E-state index contributed by atoms with van der Waals surface area (Å²) in [7, 11) is 0. The molecule has 0 aliphatic carbocycles. The van der Waals surface area contributed by atoms with E-state index in [0.717, 1.165) is 10.8 Å². The van der Waals surface area contributed by atoms with Crippen LogP contribution in [0.3, 0.4) is 0 Å². The molecule has 3 heteroatoms. The molecule has 0 saturated carbocycles. The van der Waals surface area contributed by atoms with Crippen molar-refractivity contribution in [3.8, 4) is 0 Å². The van der Waals surface area contributed by atoms with E-state index in [2.05, 4.69) is 4.98 Å². The summed E-state index contributed by atoms with van der Waals surface area (Å²) in [6, 6.07) is 8.74. The van der Waals surface area contributed by atoms with Gasteiger partial charge in [-0.2, -0.15) is 0 Å². The van der Waals surface area contributed by atoms with Crippen molar-refractivity contribution in [3.05, 3.63) is 46.4 Å². The highest BCUT2D eigenvalue weighted by atomic mass is 16.1. The highest BCUT2D eigenvalue weighted by Gasteiger charge is 1.99. The minimum Gasteiger partial charge on any atom is -0.319 e. The van der Waals surface area contributed by atoms with Gasteiger partial charge in [0.15, 0.2) is 6.29 Å². The number of aldehydes is 1. The molecule has 0 spiro atoms. The summed E-state index contributed by atoms with van der Waals surface area (Å²) in [6.07, 6.45) is 0.656. The zero-order valence-electron chi connectivity index (χ0n) is 6.78. The Bertz CT molecular complexity index is 514. The Morgan fingerprint density at radius 2 is 2.00 bits per heavy atom. The first-order valence-corrected chi connectivity index (χ1v) is 3.88. The van der Waals surface area contributed by atoms with Crippen LogP contribution in [0, 0.1) is 0 Å². The van der Waals surface area contributed by atoms with E-state index in [9.17, 15) is 9.59 Å². The van der Waals surface area contributed by atoms with Gasteiger partial charge in [0, 0.05) is 11.5 Å². The second-order valence-electron chi connectivity index (χ2n) is 2.75. The second kappa shape index (κ2) is 2.86. The number of benzene rings is 1. The van der Waals surface area contributed by atoms with E-state index >= 15 is 0 Å². The Balaban J connectivity index is 2.97. The highest BCUT2D eigenvalue weighted by Crippen LogP contribution is 2.12. The first kappa shape index (κ1) is 7.73. The minimum atomic E-state index is -0.249. The average Bonchev–Trinajstić information content (AvgIpc) is 2.16. The van der Waals surface area contributed by atoms with Crippen LogP contribution in [0.5, 0.6) is 0 Å². The molecule has 0 saturated heterocycles. The van der Waals surface area contributed by atoms with E-state index in [-0.39, 0.29) is 5.56 Å². The molecule has 1 aromatic carbocycles. The summed E-state index contributed by atoms with van der Waals surface area (Å²) in [4.78, 5) is 24.1. The quantitative estimate of drug-likeness (QED) is 0.661. The van der Waals surface area contributed by atoms with Gasteiger partial charge >= 0.3 is 0 Å². The van der Waals surface area contributed by atoms with Crippen LogP contribution in [0.25, 0.3) is 10.8 Å². The lowest BCUT2D eigenvalue weighted by molar-refractivity contribution is 0.112. The van der Waals surface area contributed by atoms with Crippen molar-refractivity contribution in [2.45, 2.75) is 0 Å². The lowest BCUT2D eigenvalue weighted by Crippen LogP contribution is -2.07. The van der Waals surface area contributed by atoms with Gasteiger partial charge < -0.3 is 4.98 Å². The van der Waals surface area contributed by atoms with Gasteiger partial charge in [0.05, 0.1) is 5.69 Å². The largest absolute Gasteiger partial charge is 0.319 e. The van der Waals surface area contributed by atoms with Crippen molar-refractivity contribution in [2.75, 3.05) is 0 Å². The lowest BCUT2D eigenvalue weighted by Gasteiger charge is -1.98. The Labute approximate surface area is 74.0 Å². The monoisotopic (exact) mass is 173 g/mol. The van der Waals surface area contributed by atoms with Crippen LogP contribution in [0.2, 0.25) is 0 Å². The summed E-state index contributed by atoms with van der Waals surface area (Å²) in [6.45, 7) is 0. The topological polar surface area (TPSA) is 49.9 Å². The third-order valence-electron chi connectivity index (χ3n) is 1.91. The molecule has 0 amide bonds. The van der Waals surface area contributed by atoms with E-state index in [1.54, 1.807) is 12.1 Å². The number of aromatic amines is 1. The summed E-state index contributed by atoms with van der Waals surface area (Å²) in [5, 5.41) is 1.56. The molecule has 64 valence electrons. The Morgan fingerprint density at radius 1 is 1.23 bits per heavy atom. The van der Waals surface area contributed by atoms with Crippen LogP contribution >= 0.6 is 0 Å². The van der Waals surface area contributed by atoms with E-state index in [0.29, 0.717) is 12.0 Å². The van der Waals surface area contributed by atoms with Crippen molar-refractivity contribution in [2.24, 2.45) is 0 Å². The molecule has 0 aliphatic heterocycles. The van der Waals surface area contributed by atoms with Crippen molar-refractivity contribution >= 4 is 17.1 Å². The standard InChI is InChI=1S/C10H7NO2/c12-6-9-8-4-2-1-3-7(8)5-10(13)11-9/h1-6H,(H,11,13). The van der Waals surface area contributed by atoms with Gasteiger partial charge in [0.25, 0.3) is 0 Å². The molecule has 0 fully saturated rings. The number of nitrogens with one attached hydrogen (secondary N) is 1. The molecule has 0 aliphatic rings. The molecule has 3 nitrogen and oxygen atoms in total. The van der Waals surface area contributed by atoms with E-state index in [4.69, 9.17) is 0 Å². The maximum atomic E-state index is 11.0. The van der Waals surface area contributed by atoms with Gasteiger partial charge in [0.1, 0.15) is 0 Å². The average molecular weight is 173 g/mol. The fourth-order valence-electron chi connectivity index (χ4n) is 1.34. The molecule has 0 bridgehead atoms. The zero-order valence-corrected chi connectivity index (χ0v) is 6.78. The van der Waals surface area contributed by atoms with Crippen molar-refractivity contribution in [3.63, 3.8) is 0 Å². The van der Waals surface area contributed by atoms with E-state index < -0.39 is 0 Å². The Morgan fingerprint density at radius 3 is 2.77 bits per heavy atom. The summed E-state index contributed by atoms with van der Waals surface area (Å²) in [5.41, 5.74) is 0.0869. The maximum absolute atomic E-state index is 11.0. The molecule has 2 rings (SSSR count). The van der Waals surface area contributed by atoms with Crippen molar-refractivity contribution in [1.29, 1.82) is 0 Å². The minimum absolute atomic E-state index is 0.249. The maximum Gasteiger partial charge on any atom is 0.249 e. The molecule has 13 heavy (non-hydrogen) atoms. The molecule has 1 aromatic heterocycles. The number of H-pyrrole nitrogens is 1. The molecular formula is C10H7NO2. The van der Waals surface area contributed by atoms with Gasteiger partial charge in [-0.05, 0) is 5.39 Å². The molecule has 0 radical (unpaired) electrons. The van der Waals surface area contributed by atoms with Crippen molar-refractivity contribution < 1.29 is 4.79 Å². The number of hydrogen-bond donors (Lipinski definition) is 1. The number of hydrogen-bond acceptors (Lipinski definition) is 2. The van der Waals surface area contributed by atoms with Crippen LogP contribution in [0.1, 0.15) is 10.5 Å². The Hall–Kier alpha value is -1.90. The SMILES string of the molecule is O=Cc1[nH]c(=O)cc2ccccc12. The number of rotatable bonds is 1. The summed E-state index contributed by atoms with van der Waals surface area (Å²) >= 11 is 0. The van der Waals surface area contributed by atoms with Crippen molar-refractivity contribution in [1.82, 2.24) is 4.98 Å². The number of carbonyl (C=O) groups excluding carboxylic acids is 1. The smallest absolute Gasteiger partial charge is 0.249 e. The van der Waals surface area contributed by atoms with Crippen LogP contribution < -0.4 is 5.56 Å². The van der Waals surface area contributed by atoms with Crippen LogP contribution in [-0.2, 0) is 0 Å². The fraction of sp³-hybridized carbons (Fsp3) is 0. The number of carbonyl (C=O) groups is 1. The van der Waals surface area contributed by atoms with Gasteiger partial charge in [-0.25, -0.2) is 0 Å². The van der Waals surface area contributed by atoms with Gasteiger partial charge in [-0.3, -0.25) is 9.59 Å². The first-order valence-electron chi connectivity index (χ1n) is 3.88. The lowest BCUT2D eigenvalue weighted by atomic mass is 10.1. The predicted molar refractivity (Wildman–Crippen MR) is 50.0 cm³/mol. The molecule has 0 unspecified atom stereocenters. The summed E-state index contributed by atoms with van der Waals surface area (Å²) in [5.74, 6) is 0. The zero-order chi connectivity index (χ0) is 9.26. The van der Waals surface area contributed by atoms with E-state index in [1.807, 2.05) is 12.1 Å². The van der Waals surface area contributed by atoms with Crippen LogP contribution in [0.4, 0.5) is 0 Å². The van der Waals surface area contributed by atoms with Gasteiger partial charge in [-0.1, -0.05) is 24.3 Å². The number of pyridine rings is 1. The fourth-order valence-corrected chi connectivity index (χ4v) is 1.34. The first-order chi connectivity index (χ1) is 6.31. The third-order valence-corrected chi connectivity index (χ3v) is 1.91.